The van der Waals surface area contributed by atoms with Crippen molar-refractivity contribution in [1.29, 1.82) is 0 Å². The molecule has 5 rings (SSSR count). The first kappa shape index (κ1) is 20.6. The maximum absolute atomic E-state index is 12.6. The van der Waals surface area contributed by atoms with Gasteiger partial charge in [0.15, 0.2) is 11.5 Å². The second-order valence-corrected chi connectivity index (χ2v) is 8.66. The van der Waals surface area contributed by atoms with Crippen molar-refractivity contribution >= 4 is 23.4 Å². The molecule has 9 nitrogen and oxygen atoms in total. The Morgan fingerprint density at radius 1 is 1.16 bits per heavy atom. The molecule has 0 radical (unpaired) electrons. The highest BCUT2D eigenvalue weighted by Crippen LogP contribution is 2.46. The van der Waals surface area contributed by atoms with Crippen molar-refractivity contribution in [1.82, 2.24) is 20.2 Å². The number of para-hydroxylation sites is 2. The van der Waals surface area contributed by atoms with E-state index in [0.717, 1.165) is 31.4 Å². The van der Waals surface area contributed by atoms with Crippen molar-refractivity contribution < 1.29 is 19.0 Å². The van der Waals surface area contributed by atoms with E-state index in [1.54, 1.807) is 11.8 Å². The highest BCUT2D eigenvalue weighted by Gasteiger charge is 2.42. The number of amides is 1. The second kappa shape index (κ2) is 8.70. The second-order valence-electron chi connectivity index (χ2n) is 7.72. The molecular weight excluding hydrogens is 430 g/mol. The number of anilines is 1. The molecule has 2 aromatic carbocycles. The summed E-state index contributed by atoms with van der Waals surface area (Å²) in [6, 6.07) is 12.9. The van der Waals surface area contributed by atoms with Gasteiger partial charge in [0.05, 0.1) is 12.9 Å². The van der Waals surface area contributed by atoms with Gasteiger partial charge in [-0.1, -0.05) is 30.3 Å². The minimum absolute atomic E-state index is 0.147. The molecular formula is C22H23N5O4S. The van der Waals surface area contributed by atoms with Crippen LogP contribution in [0.4, 0.5) is 5.69 Å². The van der Waals surface area contributed by atoms with Crippen LogP contribution >= 0.6 is 11.8 Å². The first-order valence-corrected chi connectivity index (χ1v) is 11.5. The average Bonchev–Trinajstić information content (AvgIpc) is 3.42. The van der Waals surface area contributed by atoms with Gasteiger partial charge in [-0.05, 0) is 47.5 Å². The number of methoxy groups -OCH3 is 1. The lowest BCUT2D eigenvalue weighted by Crippen LogP contribution is -2.40. The first-order valence-electron chi connectivity index (χ1n) is 10.5. The van der Waals surface area contributed by atoms with Crippen molar-refractivity contribution in [2.24, 2.45) is 0 Å². The summed E-state index contributed by atoms with van der Waals surface area (Å²) >= 11 is 1.24. The Morgan fingerprint density at radius 3 is 2.81 bits per heavy atom. The van der Waals surface area contributed by atoms with Crippen LogP contribution in [0, 0.1) is 0 Å². The summed E-state index contributed by atoms with van der Waals surface area (Å²) in [7, 11) is 1.59. The highest BCUT2D eigenvalue weighted by molar-refractivity contribution is 7.99. The minimum Gasteiger partial charge on any atom is -0.494 e. The summed E-state index contributed by atoms with van der Waals surface area (Å²) in [5.41, 5.74) is 1.37. The monoisotopic (exact) mass is 453 g/mol. The Kier molecular flexibility index (Phi) is 5.60. The van der Waals surface area contributed by atoms with Crippen molar-refractivity contribution in [3.8, 4) is 22.9 Å². The molecule has 0 unspecified atom stereocenters. The zero-order valence-corrected chi connectivity index (χ0v) is 18.4. The fourth-order valence-corrected chi connectivity index (χ4v) is 4.70. The molecule has 1 spiro atoms. The van der Waals surface area contributed by atoms with Crippen LogP contribution in [-0.4, -0.2) is 44.8 Å². The van der Waals surface area contributed by atoms with Gasteiger partial charge in [0.2, 0.25) is 11.1 Å². The van der Waals surface area contributed by atoms with Crippen LogP contribution in [0.1, 0.15) is 32.1 Å². The molecule has 1 saturated carbocycles. The third-order valence-corrected chi connectivity index (χ3v) is 6.44. The molecule has 32 heavy (non-hydrogen) atoms. The van der Waals surface area contributed by atoms with Gasteiger partial charge in [0, 0.05) is 24.6 Å². The van der Waals surface area contributed by atoms with E-state index in [2.05, 4.69) is 20.8 Å². The Morgan fingerprint density at radius 2 is 1.97 bits per heavy atom. The molecule has 1 aliphatic heterocycles. The Hall–Kier alpha value is -3.27. The number of hydrogen-bond acceptors (Lipinski definition) is 8. The van der Waals surface area contributed by atoms with E-state index in [1.165, 1.54) is 18.2 Å². The fourth-order valence-electron chi connectivity index (χ4n) is 4.02. The Labute approximate surface area is 189 Å². The molecule has 1 N–H and O–H groups in total. The van der Waals surface area contributed by atoms with Gasteiger partial charge in [-0.2, -0.15) is 4.68 Å². The van der Waals surface area contributed by atoms with E-state index in [1.807, 2.05) is 42.5 Å². The zero-order chi connectivity index (χ0) is 22.0. The average molecular weight is 454 g/mol. The normalized spacial score (nSPS) is 16.2. The molecule has 3 aromatic rings. The van der Waals surface area contributed by atoms with Crippen LogP contribution < -0.4 is 19.5 Å². The molecule has 1 aliphatic carbocycles. The number of hydrogen-bond donors (Lipinski definition) is 1. The molecule has 10 heteroatoms. The number of ether oxygens (including phenoxy) is 3. The molecule has 2 aliphatic rings. The number of carbonyl (C=O) groups is 1. The van der Waals surface area contributed by atoms with Crippen LogP contribution in [0.2, 0.25) is 0 Å². The number of benzene rings is 2. The maximum atomic E-state index is 12.6. The first-order chi connectivity index (χ1) is 15.7. The summed E-state index contributed by atoms with van der Waals surface area (Å²) < 4.78 is 19.2. The van der Waals surface area contributed by atoms with Gasteiger partial charge < -0.3 is 19.5 Å². The molecule has 166 valence electrons. The molecule has 1 fully saturated rings. The molecule has 0 bridgehead atoms. The molecule has 1 aromatic heterocycles. The SMILES string of the molecule is COc1ccccc1-n1nnnc1SCC(=O)Nc1ccc2c(c1)OC1(CCCCC1)O2. The van der Waals surface area contributed by atoms with Crippen LogP contribution in [-0.2, 0) is 4.79 Å². The van der Waals surface area contributed by atoms with Crippen molar-refractivity contribution in [2.75, 3.05) is 18.2 Å². The lowest BCUT2D eigenvalue weighted by molar-refractivity contribution is -0.113. The predicted octanol–water partition coefficient (Wildman–Crippen LogP) is 3.83. The minimum atomic E-state index is -0.533. The summed E-state index contributed by atoms with van der Waals surface area (Å²) in [4.78, 5) is 12.6. The van der Waals surface area contributed by atoms with E-state index in [9.17, 15) is 4.79 Å². The Bertz CT molecular complexity index is 1130. The quantitative estimate of drug-likeness (QED) is 0.562. The summed E-state index contributed by atoms with van der Waals surface area (Å²) in [6.07, 6.45) is 5.19. The largest absolute Gasteiger partial charge is 0.494 e. The van der Waals surface area contributed by atoms with Crippen LogP contribution in [0.15, 0.2) is 47.6 Å². The fraction of sp³-hybridized carbons (Fsp3) is 0.364. The Balaban J connectivity index is 1.22. The van der Waals surface area contributed by atoms with Gasteiger partial charge in [-0.15, -0.1) is 5.10 Å². The highest BCUT2D eigenvalue weighted by atomic mass is 32.2. The molecule has 0 atom stereocenters. The van der Waals surface area contributed by atoms with Crippen LogP contribution in [0.25, 0.3) is 5.69 Å². The zero-order valence-electron chi connectivity index (χ0n) is 17.6. The number of thioether (sulfide) groups is 1. The van der Waals surface area contributed by atoms with Crippen molar-refractivity contribution in [3.05, 3.63) is 42.5 Å². The maximum Gasteiger partial charge on any atom is 0.251 e. The number of aromatic nitrogens is 4. The van der Waals surface area contributed by atoms with Crippen molar-refractivity contribution in [3.63, 3.8) is 0 Å². The number of fused-ring (bicyclic) bond motifs is 1. The van der Waals surface area contributed by atoms with Crippen molar-refractivity contribution in [2.45, 2.75) is 43.0 Å². The molecule has 2 heterocycles. The number of rotatable bonds is 6. The topological polar surface area (TPSA) is 100 Å². The number of carbonyl (C=O) groups excluding carboxylic acids is 1. The standard InChI is InChI=1S/C22H23N5O4S/c1-29-17-8-4-3-7-16(17)27-21(24-25-26-27)32-14-20(28)23-15-9-10-18-19(13-15)31-22(30-18)11-5-2-6-12-22/h3-4,7-10,13H,2,5-6,11-12,14H2,1H3,(H,23,28). The third-order valence-electron chi connectivity index (χ3n) is 5.52. The predicted molar refractivity (Wildman–Crippen MR) is 119 cm³/mol. The van der Waals surface area contributed by atoms with Crippen LogP contribution in [0.5, 0.6) is 17.2 Å². The lowest BCUT2D eigenvalue weighted by atomic mass is 9.94. The lowest BCUT2D eigenvalue weighted by Gasteiger charge is -2.31. The number of nitrogens with one attached hydrogen (secondary N) is 1. The van der Waals surface area contributed by atoms with E-state index < -0.39 is 5.79 Å². The summed E-state index contributed by atoms with van der Waals surface area (Å²) in [5.74, 6) is 1.49. The van der Waals surface area contributed by atoms with Gasteiger partial charge in [0.25, 0.3) is 5.79 Å². The van der Waals surface area contributed by atoms with Gasteiger partial charge >= 0.3 is 0 Å². The summed E-state index contributed by atoms with van der Waals surface area (Å²) in [6.45, 7) is 0. The smallest absolute Gasteiger partial charge is 0.251 e. The third kappa shape index (κ3) is 4.10. The number of nitrogens with zero attached hydrogens (tertiary/aromatic N) is 4. The van der Waals surface area contributed by atoms with E-state index >= 15 is 0 Å². The van der Waals surface area contributed by atoms with E-state index in [0.29, 0.717) is 28.0 Å². The molecule has 0 saturated heterocycles. The number of tetrazole rings is 1. The van der Waals surface area contributed by atoms with Gasteiger partial charge in [0.1, 0.15) is 11.4 Å². The summed E-state index contributed by atoms with van der Waals surface area (Å²) in [5, 5.41) is 15.2. The van der Waals surface area contributed by atoms with E-state index in [4.69, 9.17) is 14.2 Å². The van der Waals surface area contributed by atoms with Crippen LogP contribution in [0.3, 0.4) is 0 Å². The van der Waals surface area contributed by atoms with Gasteiger partial charge in [-0.25, -0.2) is 0 Å². The van der Waals surface area contributed by atoms with Gasteiger partial charge in [-0.3, -0.25) is 4.79 Å². The molecule has 1 amide bonds. The van der Waals surface area contributed by atoms with E-state index in [-0.39, 0.29) is 11.7 Å².